The molecule has 0 amide bonds. The topological polar surface area (TPSA) is 61.5 Å². The van der Waals surface area contributed by atoms with Crippen LogP contribution in [0.5, 0.6) is 0 Å². The van der Waals surface area contributed by atoms with Gasteiger partial charge in [0.15, 0.2) is 0 Å². The number of methoxy groups -OCH3 is 1. The molecular formula is C11H14ClNO3. The number of nitrogens with two attached hydrogens (primary N) is 1. The summed E-state index contributed by atoms with van der Waals surface area (Å²) in [6.07, 6.45) is 0.655. The number of carbonyl (C=O) groups excluding carboxylic acids is 1. The quantitative estimate of drug-likeness (QED) is 0.489. The van der Waals surface area contributed by atoms with Crippen LogP contribution in [-0.4, -0.2) is 26.3 Å². The van der Waals surface area contributed by atoms with Crippen LogP contribution in [0.2, 0.25) is 5.02 Å². The van der Waals surface area contributed by atoms with Crippen LogP contribution in [0.25, 0.3) is 0 Å². The standard InChI is InChI=1S/C11H14ClNO3/c1-15-5-2-6-16-11(14)9-7-8(12)3-4-10(9)13/h3-4,7H,2,5-6,13H2,1H3. The molecule has 0 saturated heterocycles. The number of anilines is 1. The SMILES string of the molecule is COCCCOC(=O)c1cc(Cl)ccc1N. The smallest absolute Gasteiger partial charge is 0.340 e. The molecule has 0 unspecified atom stereocenters. The summed E-state index contributed by atoms with van der Waals surface area (Å²) in [7, 11) is 1.59. The minimum absolute atomic E-state index is 0.296. The maximum Gasteiger partial charge on any atom is 0.340 e. The first-order valence-electron chi connectivity index (χ1n) is 4.86. The number of nitrogen functional groups attached to an aromatic ring is 1. The molecule has 4 nitrogen and oxygen atoms in total. The molecule has 0 fully saturated rings. The van der Waals surface area contributed by atoms with E-state index in [2.05, 4.69) is 0 Å². The monoisotopic (exact) mass is 243 g/mol. The van der Waals surface area contributed by atoms with E-state index in [1.807, 2.05) is 0 Å². The van der Waals surface area contributed by atoms with Crippen LogP contribution in [0.15, 0.2) is 18.2 Å². The average Bonchev–Trinajstić information content (AvgIpc) is 2.27. The van der Waals surface area contributed by atoms with E-state index in [0.717, 1.165) is 0 Å². The van der Waals surface area contributed by atoms with E-state index in [0.29, 0.717) is 35.9 Å². The van der Waals surface area contributed by atoms with Crippen molar-refractivity contribution in [2.45, 2.75) is 6.42 Å². The Balaban J connectivity index is 2.55. The molecule has 0 aliphatic carbocycles. The molecule has 0 saturated carbocycles. The van der Waals surface area contributed by atoms with Crippen LogP contribution in [0, 0.1) is 0 Å². The van der Waals surface area contributed by atoms with E-state index < -0.39 is 5.97 Å². The van der Waals surface area contributed by atoms with E-state index in [9.17, 15) is 4.79 Å². The van der Waals surface area contributed by atoms with Gasteiger partial charge >= 0.3 is 5.97 Å². The van der Waals surface area contributed by atoms with Gasteiger partial charge in [-0.15, -0.1) is 0 Å². The molecule has 0 spiro atoms. The van der Waals surface area contributed by atoms with Crippen molar-refractivity contribution in [2.24, 2.45) is 0 Å². The Bertz CT molecular complexity index is 368. The van der Waals surface area contributed by atoms with Gasteiger partial charge in [0, 0.05) is 30.8 Å². The molecule has 1 aromatic carbocycles. The Labute approximate surface area is 99.3 Å². The van der Waals surface area contributed by atoms with Crippen molar-refractivity contribution in [3.63, 3.8) is 0 Å². The van der Waals surface area contributed by atoms with Crippen molar-refractivity contribution < 1.29 is 14.3 Å². The summed E-state index contributed by atoms with van der Waals surface area (Å²) in [5, 5.41) is 0.457. The molecule has 5 heteroatoms. The number of esters is 1. The van der Waals surface area contributed by atoms with E-state index in [4.69, 9.17) is 26.8 Å². The molecule has 88 valence electrons. The molecule has 0 aliphatic heterocycles. The van der Waals surface area contributed by atoms with Gasteiger partial charge in [-0.2, -0.15) is 0 Å². The van der Waals surface area contributed by atoms with Gasteiger partial charge in [-0.1, -0.05) is 11.6 Å². The second kappa shape index (κ2) is 6.35. The summed E-state index contributed by atoms with van der Waals surface area (Å²) in [5.41, 5.74) is 6.29. The lowest BCUT2D eigenvalue weighted by Crippen LogP contribution is -2.10. The minimum atomic E-state index is -0.462. The second-order valence-electron chi connectivity index (χ2n) is 3.21. The van der Waals surface area contributed by atoms with Crippen molar-refractivity contribution in [1.29, 1.82) is 0 Å². The van der Waals surface area contributed by atoms with E-state index in [-0.39, 0.29) is 0 Å². The predicted octanol–water partition coefficient (Wildman–Crippen LogP) is 2.12. The Morgan fingerprint density at radius 2 is 2.19 bits per heavy atom. The van der Waals surface area contributed by atoms with Gasteiger partial charge < -0.3 is 15.2 Å². The number of rotatable bonds is 5. The van der Waals surface area contributed by atoms with Gasteiger partial charge in [0.2, 0.25) is 0 Å². The van der Waals surface area contributed by atoms with Crippen LogP contribution >= 0.6 is 11.6 Å². The first-order chi connectivity index (χ1) is 7.65. The third-order valence-corrected chi connectivity index (χ3v) is 2.20. The molecule has 0 radical (unpaired) electrons. The van der Waals surface area contributed by atoms with E-state index in [1.54, 1.807) is 19.2 Å². The van der Waals surface area contributed by atoms with Gasteiger partial charge in [0.1, 0.15) is 0 Å². The zero-order valence-electron chi connectivity index (χ0n) is 9.03. The van der Waals surface area contributed by atoms with Gasteiger partial charge in [0.25, 0.3) is 0 Å². The Morgan fingerprint density at radius 1 is 1.44 bits per heavy atom. The number of benzene rings is 1. The normalized spacial score (nSPS) is 10.1. The van der Waals surface area contributed by atoms with Crippen LogP contribution < -0.4 is 5.73 Å². The third kappa shape index (κ3) is 3.72. The summed E-state index contributed by atoms with van der Waals surface area (Å²) < 4.78 is 9.84. The van der Waals surface area contributed by atoms with Gasteiger partial charge in [0.05, 0.1) is 12.2 Å². The lowest BCUT2D eigenvalue weighted by molar-refractivity contribution is 0.0469. The first kappa shape index (κ1) is 12.8. The molecule has 16 heavy (non-hydrogen) atoms. The van der Waals surface area contributed by atoms with Crippen LogP contribution in [0.1, 0.15) is 16.8 Å². The van der Waals surface area contributed by atoms with Crippen LogP contribution in [-0.2, 0) is 9.47 Å². The Kier molecular flexibility index (Phi) is 5.08. The highest BCUT2D eigenvalue weighted by Crippen LogP contribution is 2.18. The lowest BCUT2D eigenvalue weighted by atomic mass is 10.2. The molecule has 0 atom stereocenters. The van der Waals surface area contributed by atoms with Crippen LogP contribution in [0.3, 0.4) is 0 Å². The summed E-state index contributed by atoms with van der Waals surface area (Å²) in [4.78, 5) is 11.6. The first-order valence-corrected chi connectivity index (χ1v) is 5.24. The molecule has 0 heterocycles. The van der Waals surface area contributed by atoms with E-state index >= 15 is 0 Å². The fraction of sp³-hybridized carbons (Fsp3) is 0.364. The molecular weight excluding hydrogens is 230 g/mol. The molecule has 0 aromatic heterocycles. The minimum Gasteiger partial charge on any atom is -0.462 e. The predicted molar refractivity (Wildman–Crippen MR) is 62.6 cm³/mol. The van der Waals surface area contributed by atoms with Gasteiger partial charge in [-0.05, 0) is 18.2 Å². The summed E-state index contributed by atoms with van der Waals surface area (Å²) >= 11 is 5.76. The van der Waals surface area contributed by atoms with Crippen molar-refractivity contribution in [3.05, 3.63) is 28.8 Å². The molecule has 1 rings (SSSR count). The molecule has 1 aromatic rings. The maximum atomic E-state index is 11.6. The highest BCUT2D eigenvalue weighted by atomic mass is 35.5. The van der Waals surface area contributed by atoms with E-state index in [1.165, 1.54) is 6.07 Å². The van der Waals surface area contributed by atoms with Crippen molar-refractivity contribution >= 4 is 23.3 Å². The van der Waals surface area contributed by atoms with Crippen molar-refractivity contribution in [2.75, 3.05) is 26.1 Å². The third-order valence-electron chi connectivity index (χ3n) is 1.96. The largest absolute Gasteiger partial charge is 0.462 e. The average molecular weight is 244 g/mol. The zero-order valence-corrected chi connectivity index (χ0v) is 9.79. The second-order valence-corrected chi connectivity index (χ2v) is 3.65. The zero-order chi connectivity index (χ0) is 12.0. The summed E-state index contributed by atoms with van der Waals surface area (Å²) in [5.74, 6) is -0.462. The summed E-state index contributed by atoms with van der Waals surface area (Å²) in [6, 6.07) is 4.70. The number of ether oxygens (including phenoxy) is 2. The van der Waals surface area contributed by atoms with Crippen molar-refractivity contribution in [3.8, 4) is 0 Å². The Morgan fingerprint density at radius 3 is 2.88 bits per heavy atom. The van der Waals surface area contributed by atoms with Crippen molar-refractivity contribution in [1.82, 2.24) is 0 Å². The molecule has 0 bridgehead atoms. The highest BCUT2D eigenvalue weighted by Gasteiger charge is 2.11. The fourth-order valence-corrected chi connectivity index (χ4v) is 1.32. The van der Waals surface area contributed by atoms with Gasteiger partial charge in [-0.3, -0.25) is 0 Å². The van der Waals surface area contributed by atoms with Crippen LogP contribution in [0.4, 0.5) is 5.69 Å². The number of halogens is 1. The van der Waals surface area contributed by atoms with Gasteiger partial charge in [-0.25, -0.2) is 4.79 Å². The number of hydrogen-bond donors (Lipinski definition) is 1. The Hall–Kier alpha value is -1.26. The molecule has 0 aliphatic rings. The number of hydrogen-bond acceptors (Lipinski definition) is 4. The maximum absolute atomic E-state index is 11.6. The summed E-state index contributed by atoms with van der Waals surface area (Å²) in [6.45, 7) is 0.858. The fourth-order valence-electron chi connectivity index (χ4n) is 1.15. The highest BCUT2D eigenvalue weighted by molar-refractivity contribution is 6.31. The number of carbonyl (C=O) groups is 1. The molecule has 2 N–H and O–H groups in total. The lowest BCUT2D eigenvalue weighted by Gasteiger charge is -2.06.